The molecule has 0 aliphatic carbocycles. The number of aromatic nitrogens is 3. The van der Waals surface area contributed by atoms with Crippen molar-refractivity contribution in [3.8, 4) is 34.0 Å². The Hall–Kier alpha value is -4.18. The van der Waals surface area contributed by atoms with Gasteiger partial charge in [-0.3, -0.25) is 0 Å². The van der Waals surface area contributed by atoms with E-state index in [1.54, 1.807) is 0 Å². The summed E-state index contributed by atoms with van der Waals surface area (Å²) in [5, 5.41) is 11.2. The molecule has 0 amide bonds. The minimum atomic E-state index is 0.146. The Bertz CT molecular complexity index is 1730. The highest BCUT2D eigenvalue weighted by molar-refractivity contribution is 6.09. The van der Waals surface area contributed by atoms with Crippen LogP contribution in [0.1, 0.15) is 52.6 Å². The molecule has 0 fully saturated rings. The number of fused-ring (bicyclic) bond motifs is 3. The molecule has 0 aliphatic heterocycles. The van der Waals surface area contributed by atoms with Gasteiger partial charge in [0.1, 0.15) is 0 Å². The predicted octanol–water partition coefficient (Wildman–Crippen LogP) is 9.45. The van der Waals surface area contributed by atoms with Crippen LogP contribution >= 0.6 is 0 Å². The number of benzene rings is 4. The molecule has 190 valence electrons. The zero-order chi connectivity index (χ0) is 26.4. The molecule has 4 aromatic carbocycles. The standard InChI is InChI=1S/C34H33N3O/c1-6-22(2)37-30-10-8-7-9-28(30)29-21-26(17-20-31(29)37)33-36-35-32(38-33)25-13-11-23(12-14-25)24-15-18-27(19-16-24)34(3,4)5/h7-22H,6H2,1-5H3. The average Bonchev–Trinajstić information content (AvgIpc) is 3.56. The highest BCUT2D eigenvalue weighted by atomic mass is 16.4. The smallest absolute Gasteiger partial charge is 0.248 e. The first-order chi connectivity index (χ1) is 18.3. The van der Waals surface area contributed by atoms with E-state index in [9.17, 15) is 0 Å². The third-order valence-corrected chi connectivity index (χ3v) is 7.63. The van der Waals surface area contributed by atoms with Gasteiger partial charge in [-0.1, -0.05) is 82.3 Å². The van der Waals surface area contributed by atoms with Gasteiger partial charge in [0.05, 0.1) is 0 Å². The fourth-order valence-corrected chi connectivity index (χ4v) is 5.22. The van der Waals surface area contributed by atoms with Crippen molar-refractivity contribution in [3.63, 3.8) is 0 Å². The van der Waals surface area contributed by atoms with Crippen LogP contribution in [0.15, 0.2) is 95.4 Å². The van der Waals surface area contributed by atoms with Crippen LogP contribution in [0.4, 0.5) is 0 Å². The minimum Gasteiger partial charge on any atom is -0.416 e. The Balaban J connectivity index is 1.31. The molecule has 0 N–H and O–H groups in total. The molecule has 0 spiro atoms. The molecule has 0 saturated carbocycles. The van der Waals surface area contributed by atoms with E-state index in [1.807, 2.05) is 12.1 Å². The first-order valence-electron chi connectivity index (χ1n) is 13.4. The molecule has 0 bridgehead atoms. The second-order valence-corrected chi connectivity index (χ2v) is 11.2. The molecule has 38 heavy (non-hydrogen) atoms. The van der Waals surface area contributed by atoms with Crippen molar-refractivity contribution in [1.29, 1.82) is 0 Å². The van der Waals surface area contributed by atoms with Crippen molar-refractivity contribution in [1.82, 2.24) is 14.8 Å². The second-order valence-electron chi connectivity index (χ2n) is 11.2. The first-order valence-corrected chi connectivity index (χ1v) is 13.4. The van der Waals surface area contributed by atoms with Crippen molar-refractivity contribution >= 4 is 21.8 Å². The third kappa shape index (κ3) is 4.20. The summed E-state index contributed by atoms with van der Waals surface area (Å²) in [6.45, 7) is 11.2. The number of rotatable bonds is 5. The number of nitrogens with zero attached hydrogens (tertiary/aromatic N) is 3. The Morgan fingerprint density at radius 2 is 1.24 bits per heavy atom. The van der Waals surface area contributed by atoms with E-state index >= 15 is 0 Å². The molecule has 0 saturated heterocycles. The Labute approximate surface area is 224 Å². The van der Waals surface area contributed by atoms with Crippen LogP contribution in [0.25, 0.3) is 55.8 Å². The van der Waals surface area contributed by atoms with E-state index in [4.69, 9.17) is 4.42 Å². The molecule has 4 nitrogen and oxygen atoms in total. The zero-order valence-corrected chi connectivity index (χ0v) is 22.7. The third-order valence-electron chi connectivity index (χ3n) is 7.63. The monoisotopic (exact) mass is 499 g/mol. The maximum Gasteiger partial charge on any atom is 0.248 e. The molecule has 1 atom stereocenters. The van der Waals surface area contributed by atoms with Gasteiger partial charge in [0.25, 0.3) is 0 Å². The fraction of sp³-hybridized carbons (Fsp3) is 0.235. The largest absolute Gasteiger partial charge is 0.416 e. The molecule has 1 unspecified atom stereocenters. The van der Waals surface area contributed by atoms with E-state index in [0.29, 0.717) is 17.8 Å². The molecular weight excluding hydrogens is 466 g/mol. The highest BCUT2D eigenvalue weighted by Gasteiger charge is 2.17. The summed E-state index contributed by atoms with van der Waals surface area (Å²) >= 11 is 0. The Kier molecular flexibility index (Phi) is 5.91. The van der Waals surface area contributed by atoms with Crippen molar-refractivity contribution < 1.29 is 4.42 Å². The van der Waals surface area contributed by atoms with Crippen LogP contribution in [0, 0.1) is 0 Å². The summed E-state index contributed by atoms with van der Waals surface area (Å²) < 4.78 is 8.60. The van der Waals surface area contributed by atoms with Crippen LogP contribution in [-0.2, 0) is 5.41 Å². The SMILES string of the molecule is CCC(C)n1c2ccccc2c2cc(-c3nnc(-c4ccc(-c5ccc(C(C)(C)C)cc5)cc4)o3)ccc21. The van der Waals surface area contributed by atoms with Gasteiger partial charge in [-0.2, -0.15) is 0 Å². The van der Waals surface area contributed by atoms with Crippen molar-refractivity contribution in [3.05, 3.63) is 96.6 Å². The van der Waals surface area contributed by atoms with E-state index in [-0.39, 0.29) is 5.41 Å². The van der Waals surface area contributed by atoms with E-state index in [2.05, 4.69) is 128 Å². The summed E-state index contributed by atoms with van der Waals surface area (Å²) in [4.78, 5) is 0. The van der Waals surface area contributed by atoms with Crippen LogP contribution < -0.4 is 0 Å². The molecular formula is C34H33N3O. The summed E-state index contributed by atoms with van der Waals surface area (Å²) in [7, 11) is 0. The Morgan fingerprint density at radius 1 is 0.684 bits per heavy atom. The van der Waals surface area contributed by atoms with Gasteiger partial charge in [0.2, 0.25) is 11.8 Å². The molecule has 2 aromatic heterocycles. The molecule has 6 rings (SSSR count). The summed E-state index contributed by atoms with van der Waals surface area (Å²) in [5.41, 5.74) is 8.17. The van der Waals surface area contributed by atoms with Crippen LogP contribution in [0.5, 0.6) is 0 Å². The van der Waals surface area contributed by atoms with Gasteiger partial charge in [-0.25, -0.2) is 0 Å². The molecule has 4 heteroatoms. The molecule has 0 aliphatic rings. The minimum absolute atomic E-state index is 0.146. The molecule has 0 radical (unpaired) electrons. The first kappa shape index (κ1) is 24.2. The van der Waals surface area contributed by atoms with Gasteiger partial charge in [0.15, 0.2) is 0 Å². The maximum absolute atomic E-state index is 6.16. The molecule has 2 heterocycles. The Morgan fingerprint density at radius 3 is 1.89 bits per heavy atom. The van der Waals surface area contributed by atoms with E-state index < -0.39 is 0 Å². The lowest BCUT2D eigenvalue weighted by Crippen LogP contribution is -2.10. The van der Waals surface area contributed by atoms with Crippen LogP contribution in [0.2, 0.25) is 0 Å². The van der Waals surface area contributed by atoms with Gasteiger partial charge in [-0.05, 0) is 71.8 Å². The maximum atomic E-state index is 6.16. The highest BCUT2D eigenvalue weighted by Crippen LogP contribution is 2.36. The summed E-state index contributed by atoms with van der Waals surface area (Å²) in [6, 6.07) is 32.6. The summed E-state index contributed by atoms with van der Waals surface area (Å²) in [5.74, 6) is 1.06. The van der Waals surface area contributed by atoms with Gasteiger partial charge < -0.3 is 8.98 Å². The quantitative estimate of drug-likeness (QED) is 0.237. The van der Waals surface area contributed by atoms with Gasteiger partial charge in [0, 0.05) is 39.0 Å². The fourth-order valence-electron chi connectivity index (χ4n) is 5.22. The molecule has 6 aromatic rings. The van der Waals surface area contributed by atoms with Crippen molar-refractivity contribution in [2.24, 2.45) is 0 Å². The van der Waals surface area contributed by atoms with Gasteiger partial charge in [-0.15, -0.1) is 10.2 Å². The number of para-hydroxylation sites is 1. The number of hydrogen-bond donors (Lipinski definition) is 0. The lowest BCUT2D eigenvalue weighted by atomic mass is 9.86. The number of hydrogen-bond acceptors (Lipinski definition) is 3. The van der Waals surface area contributed by atoms with E-state index in [1.165, 1.54) is 32.9 Å². The van der Waals surface area contributed by atoms with Crippen LogP contribution in [-0.4, -0.2) is 14.8 Å². The lowest BCUT2D eigenvalue weighted by Gasteiger charge is -2.19. The second kappa shape index (κ2) is 9.29. The predicted molar refractivity (Wildman–Crippen MR) is 157 cm³/mol. The van der Waals surface area contributed by atoms with Crippen molar-refractivity contribution in [2.45, 2.75) is 52.5 Å². The zero-order valence-electron chi connectivity index (χ0n) is 22.7. The normalized spacial score (nSPS) is 12.9. The van der Waals surface area contributed by atoms with Crippen LogP contribution in [0.3, 0.4) is 0 Å². The van der Waals surface area contributed by atoms with E-state index in [0.717, 1.165) is 23.1 Å². The average molecular weight is 500 g/mol. The summed E-state index contributed by atoms with van der Waals surface area (Å²) in [6.07, 6.45) is 1.07. The topological polar surface area (TPSA) is 43.9 Å². The lowest BCUT2D eigenvalue weighted by molar-refractivity contribution is 0.563. The van der Waals surface area contributed by atoms with Crippen molar-refractivity contribution in [2.75, 3.05) is 0 Å². The van der Waals surface area contributed by atoms with Gasteiger partial charge >= 0.3 is 0 Å².